The predicted molar refractivity (Wildman–Crippen MR) is 87.7 cm³/mol. The van der Waals surface area contributed by atoms with Crippen LogP contribution in [0.2, 0.25) is 0 Å². The number of rotatable bonds is 1. The first-order valence-electron chi connectivity index (χ1n) is 8.77. The second-order valence-electron chi connectivity index (χ2n) is 7.33. The minimum absolute atomic E-state index is 0.0418. The molecule has 0 saturated carbocycles. The van der Waals surface area contributed by atoms with Gasteiger partial charge in [-0.1, -0.05) is 18.2 Å². The average Bonchev–Trinajstić information content (AvgIpc) is 3.09. The van der Waals surface area contributed by atoms with E-state index < -0.39 is 5.92 Å². The lowest BCUT2D eigenvalue weighted by atomic mass is 9.81. The molecule has 5 rings (SSSR count). The highest BCUT2D eigenvalue weighted by Crippen LogP contribution is 2.47. The molecule has 2 aliphatic heterocycles. The maximum Gasteiger partial charge on any atom is 0.315 e. The molecule has 1 aromatic heterocycles. The molecule has 1 aliphatic carbocycles. The number of para-hydroxylation sites is 1. The van der Waals surface area contributed by atoms with Crippen LogP contribution in [-0.4, -0.2) is 36.9 Å². The molecule has 0 amide bonds. The van der Waals surface area contributed by atoms with Crippen LogP contribution in [-0.2, 0) is 14.3 Å². The molecule has 124 valence electrons. The SMILES string of the molecule is COC(=O)C1c2[nH]c3ccccc3c2C2C3CC[NH+]2CCC1C3=O. The molecule has 5 heteroatoms. The first kappa shape index (κ1) is 14.2. The summed E-state index contributed by atoms with van der Waals surface area (Å²) in [6.45, 7) is 2.01. The van der Waals surface area contributed by atoms with Gasteiger partial charge in [0.2, 0.25) is 0 Å². The third-order valence-electron chi connectivity index (χ3n) is 6.38. The summed E-state index contributed by atoms with van der Waals surface area (Å²) in [6, 6.07) is 8.38. The molecular weight excluding hydrogens is 304 g/mol. The van der Waals surface area contributed by atoms with E-state index in [9.17, 15) is 9.59 Å². The van der Waals surface area contributed by atoms with E-state index in [4.69, 9.17) is 4.74 Å². The molecule has 3 aliphatic rings. The van der Waals surface area contributed by atoms with Crippen molar-refractivity contribution < 1.29 is 19.2 Å². The summed E-state index contributed by atoms with van der Waals surface area (Å²) in [5.74, 6) is -0.713. The zero-order valence-electron chi connectivity index (χ0n) is 13.7. The van der Waals surface area contributed by atoms with E-state index in [1.807, 2.05) is 12.1 Å². The van der Waals surface area contributed by atoms with E-state index in [0.29, 0.717) is 0 Å². The first-order chi connectivity index (χ1) is 11.7. The van der Waals surface area contributed by atoms with Crippen LogP contribution in [0.1, 0.15) is 36.1 Å². The monoisotopic (exact) mass is 325 g/mol. The van der Waals surface area contributed by atoms with Crippen molar-refractivity contribution in [3.05, 3.63) is 35.5 Å². The summed E-state index contributed by atoms with van der Waals surface area (Å²) in [7, 11) is 1.42. The topological polar surface area (TPSA) is 63.6 Å². The highest BCUT2D eigenvalue weighted by Gasteiger charge is 2.56. The standard InChI is InChI=1S/C19H20N2O3/c1-24-19(23)15-11-6-8-21-9-7-12(18(11)22)17(21)14-10-4-2-3-5-13(10)20-16(14)15/h2-5,11-12,15,17,20H,6-9H2,1H3/p+1. The number of nitrogens with one attached hydrogen (secondary N) is 2. The van der Waals surface area contributed by atoms with Crippen molar-refractivity contribution in [2.75, 3.05) is 20.2 Å². The number of aromatic nitrogens is 1. The fourth-order valence-corrected chi connectivity index (χ4v) is 5.40. The Morgan fingerprint density at radius 2 is 1.96 bits per heavy atom. The smallest absolute Gasteiger partial charge is 0.315 e. The Balaban J connectivity index is 1.84. The van der Waals surface area contributed by atoms with Crippen LogP contribution in [0.25, 0.3) is 10.9 Å². The molecular formula is C19H21N2O3+. The molecule has 5 unspecified atom stereocenters. The van der Waals surface area contributed by atoms with Crippen LogP contribution >= 0.6 is 0 Å². The number of hydrogen-bond donors (Lipinski definition) is 2. The van der Waals surface area contributed by atoms with Gasteiger partial charge in [0, 0.05) is 40.9 Å². The van der Waals surface area contributed by atoms with Crippen LogP contribution in [0.5, 0.6) is 0 Å². The van der Waals surface area contributed by atoms with Gasteiger partial charge < -0.3 is 14.6 Å². The molecule has 2 aromatic rings. The van der Waals surface area contributed by atoms with Crippen molar-refractivity contribution >= 4 is 22.7 Å². The number of ketones is 1. The Labute approximate surface area is 140 Å². The zero-order chi connectivity index (χ0) is 16.4. The van der Waals surface area contributed by atoms with Gasteiger partial charge in [-0.15, -0.1) is 0 Å². The minimum Gasteiger partial charge on any atom is -0.468 e. The highest BCUT2D eigenvalue weighted by molar-refractivity contribution is 5.96. The van der Waals surface area contributed by atoms with Gasteiger partial charge in [0.15, 0.2) is 0 Å². The number of hydrogen-bond acceptors (Lipinski definition) is 3. The zero-order valence-corrected chi connectivity index (χ0v) is 13.7. The van der Waals surface area contributed by atoms with Crippen LogP contribution < -0.4 is 4.90 Å². The summed E-state index contributed by atoms with van der Waals surface area (Å²) in [5.41, 5.74) is 3.17. The van der Waals surface area contributed by atoms with Crippen LogP contribution in [0.15, 0.2) is 24.3 Å². The molecule has 0 radical (unpaired) electrons. The number of carbonyl (C=O) groups excluding carboxylic acids is 2. The van der Waals surface area contributed by atoms with E-state index in [0.717, 1.165) is 42.5 Å². The van der Waals surface area contributed by atoms with E-state index in [1.54, 1.807) is 0 Å². The fourth-order valence-electron chi connectivity index (χ4n) is 5.40. The van der Waals surface area contributed by atoms with E-state index in [1.165, 1.54) is 17.6 Å². The van der Waals surface area contributed by atoms with Gasteiger partial charge in [0.05, 0.1) is 26.1 Å². The molecule has 24 heavy (non-hydrogen) atoms. The highest BCUT2D eigenvalue weighted by atomic mass is 16.5. The molecule has 5 atom stereocenters. The summed E-state index contributed by atoms with van der Waals surface area (Å²) in [4.78, 5) is 30.8. The van der Waals surface area contributed by atoms with Crippen molar-refractivity contribution in [2.24, 2.45) is 11.8 Å². The third-order valence-corrected chi connectivity index (χ3v) is 6.38. The van der Waals surface area contributed by atoms with E-state index in [2.05, 4.69) is 17.1 Å². The molecule has 5 nitrogen and oxygen atoms in total. The number of carbonyl (C=O) groups is 2. The van der Waals surface area contributed by atoms with Crippen molar-refractivity contribution in [1.29, 1.82) is 0 Å². The van der Waals surface area contributed by atoms with Crippen molar-refractivity contribution in [2.45, 2.75) is 24.8 Å². The Kier molecular flexibility index (Phi) is 2.92. The summed E-state index contributed by atoms with van der Waals surface area (Å²) < 4.78 is 5.10. The van der Waals surface area contributed by atoms with Gasteiger partial charge in [0.25, 0.3) is 0 Å². The summed E-state index contributed by atoms with van der Waals surface area (Å²) >= 11 is 0. The van der Waals surface area contributed by atoms with Gasteiger partial charge in [0.1, 0.15) is 17.7 Å². The van der Waals surface area contributed by atoms with Gasteiger partial charge in [-0.05, 0) is 6.07 Å². The predicted octanol–water partition coefficient (Wildman–Crippen LogP) is 0.973. The summed E-state index contributed by atoms with van der Waals surface area (Å²) in [5, 5.41) is 1.16. The Morgan fingerprint density at radius 3 is 2.75 bits per heavy atom. The molecule has 2 N–H and O–H groups in total. The number of fused-ring (bicyclic) bond motifs is 4. The Bertz CT molecular complexity index is 855. The van der Waals surface area contributed by atoms with Gasteiger partial charge >= 0.3 is 5.97 Å². The lowest BCUT2D eigenvalue weighted by molar-refractivity contribution is -0.919. The lowest BCUT2D eigenvalue weighted by Gasteiger charge is -2.27. The number of ether oxygens (including phenoxy) is 1. The van der Waals surface area contributed by atoms with Crippen molar-refractivity contribution in [3.8, 4) is 0 Å². The van der Waals surface area contributed by atoms with Gasteiger partial charge in [-0.2, -0.15) is 0 Å². The second-order valence-corrected chi connectivity index (χ2v) is 7.33. The summed E-state index contributed by atoms with van der Waals surface area (Å²) in [6.07, 6.45) is 1.71. The average molecular weight is 325 g/mol. The van der Waals surface area contributed by atoms with Crippen LogP contribution in [0, 0.1) is 11.8 Å². The second kappa shape index (κ2) is 4.93. The van der Waals surface area contributed by atoms with Crippen LogP contribution in [0.4, 0.5) is 0 Å². The van der Waals surface area contributed by atoms with Gasteiger partial charge in [-0.25, -0.2) is 0 Å². The normalized spacial score (nSPS) is 34.0. The Hall–Kier alpha value is -2.14. The maximum absolute atomic E-state index is 13.2. The lowest BCUT2D eigenvalue weighted by Crippen LogP contribution is -3.10. The maximum atomic E-state index is 13.2. The molecule has 3 heterocycles. The molecule has 0 spiro atoms. The number of benzene rings is 1. The number of esters is 1. The molecule has 1 aromatic carbocycles. The van der Waals surface area contributed by atoms with E-state index in [-0.39, 0.29) is 29.6 Å². The molecule has 2 saturated heterocycles. The van der Waals surface area contributed by atoms with E-state index >= 15 is 0 Å². The fraction of sp³-hybridized carbons (Fsp3) is 0.474. The largest absolute Gasteiger partial charge is 0.468 e. The Morgan fingerprint density at radius 1 is 1.21 bits per heavy atom. The van der Waals surface area contributed by atoms with Gasteiger partial charge in [-0.3, -0.25) is 9.59 Å². The van der Waals surface area contributed by atoms with Crippen molar-refractivity contribution in [3.63, 3.8) is 0 Å². The quantitative estimate of drug-likeness (QED) is 0.768. The number of methoxy groups -OCH3 is 1. The minimum atomic E-state index is -0.489. The van der Waals surface area contributed by atoms with Crippen molar-refractivity contribution in [1.82, 2.24) is 4.98 Å². The number of Topliss-reactive ketones (excluding diaryl/α,β-unsaturated/α-hetero) is 1. The number of quaternary nitrogens is 1. The number of aromatic amines is 1. The number of H-pyrrole nitrogens is 1. The molecule has 4 bridgehead atoms. The first-order valence-corrected chi connectivity index (χ1v) is 8.77. The third kappa shape index (κ3) is 1.68. The van der Waals surface area contributed by atoms with Crippen LogP contribution in [0.3, 0.4) is 0 Å². The molecule has 2 fully saturated rings.